The fourth-order valence-electron chi connectivity index (χ4n) is 12.8. The first-order valence-electron chi connectivity index (χ1n) is 37.0. The highest BCUT2D eigenvalue weighted by Gasteiger charge is 2.42. The molecule has 3 fully saturated rings. The number of carboxylic acid groups (broad SMARTS) is 1. The van der Waals surface area contributed by atoms with E-state index in [2.05, 4.69) is 68.5 Å². The Morgan fingerprint density at radius 3 is 1.78 bits per heavy atom. The Balaban J connectivity index is 1.36. The Hall–Kier alpha value is -10.0. The van der Waals surface area contributed by atoms with Gasteiger partial charge in [0.15, 0.2) is 11.9 Å². The molecule has 1 aromatic carbocycles. The maximum atomic E-state index is 14.7. The van der Waals surface area contributed by atoms with Gasteiger partial charge in [-0.3, -0.25) is 72.3 Å². The van der Waals surface area contributed by atoms with Crippen LogP contribution in [-0.2, 0) is 73.5 Å². The summed E-state index contributed by atoms with van der Waals surface area (Å²) in [4.78, 5) is 208. The lowest BCUT2D eigenvalue weighted by atomic mass is 10.0. The quantitative estimate of drug-likeness (QED) is 0.0131. The molecule has 37 heteroatoms. The van der Waals surface area contributed by atoms with Crippen molar-refractivity contribution in [1.82, 2.24) is 73.2 Å². The molecule has 1 aromatic rings. The molecule has 107 heavy (non-hydrogen) atoms. The fraction of sp³-hybridized carbons (Fsp3) is 0.657. The lowest BCUT2D eigenvalue weighted by Crippen LogP contribution is -2.61. The van der Waals surface area contributed by atoms with Crippen LogP contribution in [0, 0.1) is 5.92 Å². The van der Waals surface area contributed by atoms with Gasteiger partial charge in [0.25, 0.3) is 0 Å². The fourth-order valence-corrected chi connectivity index (χ4v) is 12.8. The molecule has 37 nitrogen and oxygen atoms in total. The van der Waals surface area contributed by atoms with Crippen molar-refractivity contribution in [2.75, 3.05) is 66.0 Å². The van der Waals surface area contributed by atoms with Gasteiger partial charge in [0.1, 0.15) is 72.5 Å². The molecule has 0 aromatic heterocycles. The highest BCUT2D eigenvalue weighted by Crippen LogP contribution is 2.23. The Bertz CT molecular complexity index is 3300. The second-order valence-electron chi connectivity index (χ2n) is 27.8. The number of nitrogens with zero attached hydrogens (tertiary/aromatic N) is 5. The molecule has 0 aliphatic carbocycles. The Morgan fingerprint density at radius 2 is 1.17 bits per heavy atom. The number of likely N-dealkylation sites (tertiary alicyclic amines) is 2. The van der Waals surface area contributed by atoms with Crippen LogP contribution in [-0.4, -0.2) is 258 Å². The molecule has 0 bridgehead atoms. The van der Waals surface area contributed by atoms with E-state index in [0.29, 0.717) is 44.1 Å². The number of carbonyl (C=O) groups is 14. The Kier molecular flexibility index (Phi) is 37.2. The van der Waals surface area contributed by atoms with Crippen LogP contribution >= 0.6 is 0 Å². The number of likely N-dealkylation sites (N-methyl/N-ethyl adjacent to an activating group) is 1. The lowest BCUT2D eigenvalue weighted by molar-refractivity contribution is -0.145. The SMILES string of the molecule is CCCC[C@H](NC(=O)[C@@H]1CCCN1C(=O)CNC(=O)[C@H](CCCCN)NC(=O)[C@@H]1CCN(C)C/C=C/C[C@H](NC(=O)[C@H](CCCN=C(N)N)NC(=O)[C@@H]2CCC(=O)N2)C(=O)N[C@@H](CCCN=C(N)N)C(=O)N[C@@H](CC(C)C)C(=O)N[C@@H](CO)C(=O)N1)C(=O)N1CCC[C@H]1C(=O)N[C@@H](Cc1ccccc1)C(=O)O. The van der Waals surface area contributed by atoms with Crippen LogP contribution in [0.5, 0.6) is 0 Å². The van der Waals surface area contributed by atoms with Gasteiger partial charge >= 0.3 is 5.97 Å². The minimum absolute atomic E-state index is 0.00663. The molecule has 0 saturated carbocycles. The number of aliphatic hydroxyl groups is 1. The summed E-state index contributed by atoms with van der Waals surface area (Å²) in [5.74, 6) is -11.7. The van der Waals surface area contributed by atoms with Crippen LogP contribution in [0.25, 0.3) is 0 Å². The minimum atomic E-state index is -1.73. The second-order valence-corrected chi connectivity index (χ2v) is 27.8. The number of nitrogens with two attached hydrogens (primary N) is 5. The van der Waals surface area contributed by atoms with E-state index in [1.54, 1.807) is 68.3 Å². The van der Waals surface area contributed by atoms with Gasteiger partial charge in [-0.15, -0.1) is 0 Å². The molecule has 12 atom stereocenters. The summed E-state index contributed by atoms with van der Waals surface area (Å²) in [7, 11) is 1.67. The van der Waals surface area contributed by atoms with Crippen molar-refractivity contribution >= 4 is 94.7 Å². The van der Waals surface area contributed by atoms with Gasteiger partial charge in [0.2, 0.25) is 76.8 Å². The maximum Gasteiger partial charge on any atom is 0.326 e. The van der Waals surface area contributed by atoms with Crippen molar-refractivity contribution in [1.29, 1.82) is 0 Å². The van der Waals surface area contributed by atoms with Crippen LogP contribution in [0.3, 0.4) is 0 Å². The van der Waals surface area contributed by atoms with Crippen LogP contribution in [0.1, 0.15) is 148 Å². The number of benzene rings is 1. The van der Waals surface area contributed by atoms with Crippen molar-refractivity contribution in [2.24, 2.45) is 44.6 Å². The first kappa shape index (κ1) is 87.6. The van der Waals surface area contributed by atoms with Gasteiger partial charge in [-0.2, -0.15) is 0 Å². The third-order valence-corrected chi connectivity index (χ3v) is 18.7. The topological polar surface area (TPSA) is 576 Å². The second kappa shape index (κ2) is 45.5. The smallest absolute Gasteiger partial charge is 0.326 e. The third-order valence-electron chi connectivity index (χ3n) is 18.7. The molecule has 23 N–H and O–H groups in total. The molecular weight excluding hydrogens is 1390 g/mol. The predicted molar refractivity (Wildman–Crippen MR) is 393 cm³/mol. The normalized spacial score (nSPS) is 22.7. The molecule has 4 aliphatic heterocycles. The van der Waals surface area contributed by atoms with Crippen LogP contribution in [0.15, 0.2) is 52.5 Å². The zero-order valence-electron chi connectivity index (χ0n) is 61.8. The number of carboxylic acids is 1. The number of amides is 13. The summed E-state index contributed by atoms with van der Waals surface area (Å²) in [5.41, 5.74) is 28.7. The maximum absolute atomic E-state index is 14.7. The molecular formula is C70H113N21O16. The summed E-state index contributed by atoms with van der Waals surface area (Å²) in [5, 5.41) is 49.9. The minimum Gasteiger partial charge on any atom is -0.480 e. The zero-order valence-corrected chi connectivity index (χ0v) is 61.8. The van der Waals surface area contributed by atoms with Crippen LogP contribution < -0.4 is 87.2 Å². The van der Waals surface area contributed by atoms with Crippen molar-refractivity contribution in [3.8, 4) is 0 Å². The van der Waals surface area contributed by atoms with Gasteiger partial charge in [-0.1, -0.05) is 76.1 Å². The zero-order chi connectivity index (χ0) is 78.7. The number of carbonyl (C=O) groups excluding carboxylic acids is 13. The Labute approximate surface area is 623 Å². The molecule has 3 saturated heterocycles. The largest absolute Gasteiger partial charge is 0.480 e. The molecule has 0 spiro atoms. The number of aliphatic imine (C=N–C) groups is 2. The summed E-state index contributed by atoms with van der Waals surface area (Å²) < 4.78 is 0. The van der Waals surface area contributed by atoms with E-state index < -0.39 is 163 Å². The molecule has 13 amide bonds. The third kappa shape index (κ3) is 29.7. The van der Waals surface area contributed by atoms with E-state index in [4.69, 9.17) is 28.7 Å². The number of nitrogens with one attached hydrogen (secondary N) is 11. The Morgan fingerprint density at radius 1 is 0.607 bits per heavy atom. The highest BCUT2D eigenvalue weighted by atomic mass is 16.4. The number of hydrogen-bond acceptors (Lipinski definition) is 19. The van der Waals surface area contributed by atoms with E-state index >= 15 is 0 Å². The van der Waals surface area contributed by atoms with Gasteiger partial charge in [0.05, 0.1) is 13.2 Å². The van der Waals surface area contributed by atoms with E-state index in [9.17, 15) is 77.3 Å². The summed E-state index contributed by atoms with van der Waals surface area (Å²) in [6.07, 6.45) is 6.60. The lowest BCUT2D eigenvalue weighted by Gasteiger charge is -2.31. The average Bonchev–Trinajstić information content (AvgIpc) is 1.71. The van der Waals surface area contributed by atoms with E-state index in [1.165, 1.54) is 9.80 Å². The number of guanidine groups is 2. The van der Waals surface area contributed by atoms with Crippen LogP contribution in [0.2, 0.25) is 0 Å². The van der Waals surface area contributed by atoms with E-state index in [1.807, 2.05) is 6.92 Å². The molecule has 594 valence electrons. The monoisotopic (exact) mass is 1500 g/mol. The molecule has 0 radical (unpaired) electrons. The summed E-state index contributed by atoms with van der Waals surface area (Å²) in [6.45, 7) is 4.51. The van der Waals surface area contributed by atoms with Gasteiger partial charge < -0.3 is 112 Å². The van der Waals surface area contributed by atoms with Gasteiger partial charge in [-0.25, -0.2) is 4.79 Å². The summed E-state index contributed by atoms with van der Waals surface area (Å²) in [6, 6.07) is -6.73. The molecule has 4 aliphatic rings. The molecule has 4 heterocycles. The highest BCUT2D eigenvalue weighted by molar-refractivity contribution is 6.00. The van der Waals surface area contributed by atoms with Crippen molar-refractivity contribution in [3.63, 3.8) is 0 Å². The van der Waals surface area contributed by atoms with Crippen molar-refractivity contribution in [2.45, 2.75) is 222 Å². The average molecular weight is 1500 g/mol. The summed E-state index contributed by atoms with van der Waals surface area (Å²) >= 11 is 0. The molecule has 0 unspecified atom stereocenters. The van der Waals surface area contributed by atoms with Crippen LogP contribution in [0.4, 0.5) is 0 Å². The van der Waals surface area contributed by atoms with Gasteiger partial charge in [-0.05, 0) is 128 Å². The van der Waals surface area contributed by atoms with Crippen molar-refractivity contribution < 1.29 is 77.3 Å². The van der Waals surface area contributed by atoms with E-state index in [-0.39, 0.29) is 159 Å². The molecule has 5 rings (SSSR count). The number of rotatable bonds is 35. The van der Waals surface area contributed by atoms with Crippen molar-refractivity contribution in [3.05, 3.63) is 48.0 Å². The number of aliphatic carboxylic acids is 1. The first-order chi connectivity index (χ1) is 51.0. The standard InChI is InChI=1S/C70H113N21O16/c1-5-6-20-49(67(105)91-35-17-26-54(91)66(104)87-51(68(106)107)38-42-18-8-7-9-19-42)85-65(103)53-25-16-34-90(53)56(94)39-78-57(95)43(21-10-12-30-71)80-62(100)48-29-36-89(4)33-13-11-22-44(81-59(97)45(23-14-31-76-69(72)73)83-61(99)47-27-28-55(93)79-47)58(96)82-46(24-15-32-77-70(74)75)60(98)86-50(37-41(2)3)63(101)88-52(40-92)64(102)84-48/h7-9,11,13,18-19,41,43-54,92H,5-6,10,12,14-17,20-40,71H2,1-4H3,(H,78,95)(H,79,93)(H,80,100)(H,81,97)(H,82,96)(H,83,99)(H,84,102)(H,85,103)(H,86,98)(H,87,104)(H,88,101)(H,106,107)(H4,72,73,76)(H4,74,75,77)/b13-11+/t43-,44-,45-,46-,47-,48-,49-,50-,51-,52-,53-,54-/m0/s1. The van der Waals surface area contributed by atoms with Gasteiger partial charge in [0, 0.05) is 52.1 Å². The predicted octanol–water partition coefficient (Wildman–Crippen LogP) is -5.20. The number of unbranched alkanes of at least 4 members (excludes halogenated alkanes) is 2. The number of aliphatic hydroxyl groups excluding tert-OH is 1. The van der Waals surface area contributed by atoms with E-state index in [0.717, 1.165) is 0 Å². The first-order valence-corrected chi connectivity index (χ1v) is 37.0. The number of hydrogen-bond donors (Lipinski definition) is 18.